The summed E-state index contributed by atoms with van der Waals surface area (Å²) in [5.74, 6) is -0.0101. The molecule has 0 atom stereocenters. The molecular formula is C21H25NO3S. The summed E-state index contributed by atoms with van der Waals surface area (Å²) in [6.45, 7) is 3.65. The van der Waals surface area contributed by atoms with E-state index in [1.807, 2.05) is 25.1 Å². The summed E-state index contributed by atoms with van der Waals surface area (Å²) < 4.78 is 24.2. The predicted octanol–water partition coefficient (Wildman–Crippen LogP) is 4.24. The van der Waals surface area contributed by atoms with Crippen LogP contribution in [0.2, 0.25) is 0 Å². The highest BCUT2D eigenvalue weighted by Gasteiger charge is 2.42. The van der Waals surface area contributed by atoms with Crippen molar-refractivity contribution >= 4 is 21.4 Å². The number of amides is 1. The molecule has 1 aliphatic rings. The minimum atomic E-state index is -3.30. The van der Waals surface area contributed by atoms with E-state index in [4.69, 9.17) is 0 Å². The lowest BCUT2D eigenvalue weighted by molar-refractivity contribution is -0.121. The summed E-state index contributed by atoms with van der Waals surface area (Å²) in [6, 6.07) is 14.7. The highest BCUT2D eigenvalue weighted by Crippen LogP contribution is 2.42. The molecule has 0 spiro atoms. The van der Waals surface area contributed by atoms with Crippen molar-refractivity contribution in [2.45, 2.75) is 49.8 Å². The monoisotopic (exact) mass is 371 g/mol. The fourth-order valence-corrected chi connectivity index (χ4v) is 4.68. The SMILES string of the molecule is CCS(=O)(=O)c1cccc(NC(=O)C2(c3cccc(C)c3)CCCC2)c1. The van der Waals surface area contributed by atoms with E-state index in [0.717, 1.165) is 36.8 Å². The largest absolute Gasteiger partial charge is 0.325 e. The lowest BCUT2D eigenvalue weighted by Crippen LogP contribution is -2.38. The summed E-state index contributed by atoms with van der Waals surface area (Å²) in [6.07, 6.45) is 3.67. The van der Waals surface area contributed by atoms with Crippen molar-refractivity contribution in [3.8, 4) is 0 Å². The first-order valence-electron chi connectivity index (χ1n) is 9.09. The van der Waals surface area contributed by atoms with Crippen LogP contribution in [0.1, 0.15) is 43.7 Å². The molecule has 3 rings (SSSR count). The molecule has 1 N–H and O–H groups in total. The summed E-state index contributed by atoms with van der Waals surface area (Å²) in [5.41, 5.74) is 2.18. The molecule has 138 valence electrons. The van der Waals surface area contributed by atoms with Crippen LogP contribution in [0.3, 0.4) is 0 Å². The van der Waals surface area contributed by atoms with Crippen LogP contribution in [0.15, 0.2) is 53.4 Å². The average molecular weight is 372 g/mol. The van der Waals surface area contributed by atoms with Crippen molar-refractivity contribution in [1.29, 1.82) is 0 Å². The van der Waals surface area contributed by atoms with Crippen LogP contribution < -0.4 is 5.32 Å². The summed E-state index contributed by atoms with van der Waals surface area (Å²) in [4.78, 5) is 13.5. The minimum absolute atomic E-state index is 0.0393. The van der Waals surface area contributed by atoms with E-state index in [1.165, 1.54) is 0 Å². The Bertz CT molecular complexity index is 912. The number of anilines is 1. The van der Waals surface area contributed by atoms with E-state index in [1.54, 1.807) is 31.2 Å². The Morgan fingerprint density at radius 1 is 1.08 bits per heavy atom. The third-order valence-corrected chi connectivity index (χ3v) is 7.03. The van der Waals surface area contributed by atoms with Crippen LogP contribution in [-0.4, -0.2) is 20.1 Å². The number of carbonyl (C=O) groups is 1. The second kappa shape index (κ2) is 7.23. The minimum Gasteiger partial charge on any atom is -0.325 e. The van der Waals surface area contributed by atoms with Crippen LogP contribution in [-0.2, 0) is 20.0 Å². The normalized spacial score (nSPS) is 16.4. The van der Waals surface area contributed by atoms with Crippen molar-refractivity contribution in [1.82, 2.24) is 0 Å². The van der Waals surface area contributed by atoms with Gasteiger partial charge < -0.3 is 5.32 Å². The zero-order chi connectivity index (χ0) is 18.8. The molecule has 0 bridgehead atoms. The summed E-state index contributed by atoms with van der Waals surface area (Å²) in [5, 5.41) is 2.98. The van der Waals surface area contributed by atoms with Gasteiger partial charge in [0, 0.05) is 5.69 Å². The molecule has 26 heavy (non-hydrogen) atoms. The van der Waals surface area contributed by atoms with Gasteiger partial charge in [-0.05, 0) is 43.5 Å². The predicted molar refractivity (Wildman–Crippen MR) is 104 cm³/mol. The molecule has 0 aromatic heterocycles. The van der Waals surface area contributed by atoms with E-state index in [-0.39, 0.29) is 16.6 Å². The zero-order valence-electron chi connectivity index (χ0n) is 15.3. The Morgan fingerprint density at radius 3 is 2.42 bits per heavy atom. The van der Waals surface area contributed by atoms with Crippen molar-refractivity contribution in [2.24, 2.45) is 0 Å². The van der Waals surface area contributed by atoms with E-state index in [9.17, 15) is 13.2 Å². The van der Waals surface area contributed by atoms with Gasteiger partial charge in [0.2, 0.25) is 5.91 Å². The molecule has 0 aliphatic heterocycles. The molecule has 0 unspecified atom stereocenters. The van der Waals surface area contributed by atoms with Crippen molar-refractivity contribution in [3.05, 3.63) is 59.7 Å². The first-order valence-corrected chi connectivity index (χ1v) is 10.7. The number of sulfone groups is 1. The number of carbonyl (C=O) groups excluding carboxylic acids is 1. The highest BCUT2D eigenvalue weighted by molar-refractivity contribution is 7.91. The van der Waals surface area contributed by atoms with Gasteiger partial charge in [-0.25, -0.2) is 8.42 Å². The Balaban J connectivity index is 1.92. The Morgan fingerprint density at radius 2 is 1.77 bits per heavy atom. The number of hydrogen-bond donors (Lipinski definition) is 1. The van der Waals surface area contributed by atoms with Gasteiger partial charge in [0.15, 0.2) is 9.84 Å². The summed E-state index contributed by atoms with van der Waals surface area (Å²) >= 11 is 0. The molecule has 4 nitrogen and oxygen atoms in total. The first kappa shape index (κ1) is 18.6. The van der Waals surface area contributed by atoms with Gasteiger partial charge in [-0.15, -0.1) is 0 Å². The third-order valence-electron chi connectivity index (χ3n) is 5.29. The number of nitrogens with one attached hydrogen (secondary N) is 1. The highest BCUT2D eigenvalue weighted by atomic mass is 32.2. The lowest BCUT2D eigenvalue weighted by atomic mass is 9.77. The molecule has 1 amide bonds. The molecule has 0 heterocycles. The van der Waals surface area contributed by atoms with Crippen LogP contribution in [0.4, 0.5) is 5.69 Å². The maximum Gasteiger partial charge on any atom is 0.235 e. The molecular weight excluding hydrogens is 346 g/mol. The third kappa shape index (κ3) is 3.54. The van der Waals surface area contributed by atoms with Crippen molar-refractivity contribution < 1.29 is 13.2 Å². The molecule has 0 saturated heterocycles. The first-order chi connectivity index (χ1) is 12.4. The van der Waals surface area contributed by atoms with Crippen molar-refractivity contribution in [3.63, 3.8) is 0 Å². The van der Waals surface area contributed by atoms with Crippen molar-refractivity contribution in [2.75, 3.05) is 11.1 Å². The Hall–Kier alpha value is -2.14. The van der Waals surface area contributed by atoms with Gasteiger partial charge in [0.1, 0.15) is 0 Å². The molecule has 1 fully saturated rings. The molecule has 2 aromatic rings. The average Bonchev–Trinajstić information content (AvgIpc) is 3.13. The Kier molecular flexibility index (Phi) is 5.19. The van der Waals surface area contributed by atoms with E-state index < -0.39 is 15.3 Å². The van der Waals surface area contributed by atoms with Crippen LogP contribution in [0.5, 0.6) is 0 Å². The number of hydrogen-bond acceptors (Lipinski definition) is 3. The fourth-order valence-electron chi connectivity index (χ4n) is 3.75. The molecule has 1 saturated carbocycles. The Labute approximate surface area is 155 Å². The maximum absolute atomic E-state index is 13.2. The smallest absolute Gasteiger partial charge is 0.235 e. The van der Waals surface area contributed by atoms with Crippen LogP contribution in [0, 0.1) is 6.92 Å². The molecule has 1 aliphatic carbocycles. The van der Waals surface area contributed by atoms with Crippen LogP contribution >= 0.6 is 0 Å². The molecule has 0 radical (unpaired) electrons. The van der Waals surface area contributed by atoms with Gasteiger partial charge in [0.25, 0.3) is 0 Å². The number of aryl methyl sites for hydroxylation is 1. The number of benzene rings is 2. The second-order valence-corrected chi connectivity index (χ2v) is 9.32. The molecule has 2 aromatic carbocycles. The van der Waals surface area contributed by atoms with E-state index >= 15 is 0 Å². The summed E-state index contributed by atoms with van der Waals surface area (Å²) in [7, 11) is -3.30. The zero-order valence-corrected chi connectivity index (χ0v) is 16.1. The van der Waals surface area contributed by atoms with Gasteiger partial charge in [-0.1, -0.05) is 55.7 Å². The topological polar surface area (TPSA) is 63.2 Å². The standard InChI is InChI=1S/C21H25NO3S/c1-3-26(24,25)19-11-7-10-18(15-19)22-20(23)21(12-4-5-13-21)17-9-6-8-16(2)14-17/h6-11,14-15H,3-5,12-13H2,1-2H3,(H,22,23). The van der Waals surface area contributed by atoms with Crippen LogP contribution in [0.25, 0.3) is 0 Å². The second-order valence-electron chi connectivity index (χ2n) is 7.04. The van der Waals surface area contributed by atoms with Gasteiger partial charge in [-0.2, -0.15) is 0 Å². The maximum atomic E-state index is 13.2. The quantitative estimate of drug-likeness (QED) is 0.855. The molecule has 5 heteroatoms. The van der Waals surface area contributed by atoms with E-state index in [0.29, 0.717) is 5.69 Å². The number of rotatable bonds is 5. The van der Waals surface area contributed by atoms with Gasteiger partial charge in [-0.3, -0.25) is 4.79 Å². The lowest BCUT2D eigenvalue weighted by Gasteiger charge is -2.28. The van der Waals surface area contributed by atoms with Gasteiger partial charge in [0.05, 0.1) is 16.1 Å². The van der Waals surface area contributed by atoms with E-state index in [2.05, 4.69) is 11.4 Å². The van der Waals surface area contributed by atoms with Gasteiger partial charge >= 0.3 is 0 Å². The fraction of sp³-hybridized carbons (Fsp3) is 0.381.